The molecule has 0 aromatic heterocycles. The smallest absolute Gasteiger partial charge is 0.319 e. The molecule has 0 bridgehead atoms. The maximum absolute atomic E-state index is 12.9. The van der Waals surface area contributed by atoms with E-state index in [4.69, 9.17) is 0 Å². The fraction of sp³-hybridized carbons (Fsp3) is 0.400. The van der Waals surface area contributed by atoms with E-state index in [0.29, 0.717) is 0 Å². The van der Waals surface area contributed by atoms with Gasteiger partial charge in [0.05, 0.1) is 5.56 Å². The van der Waals surface area contributed by atoms with Gasteiger partial charge in [0.1, 0.15) is 11.9 Å². The summed E-state index contributed by atoms with van der Waals surface area (Å²) in [5, 5.41) is 0. The summed E-state index contributed by atoms with van der Waals surface area (Å²) in [6.45, 7) is 0. The number of nitrogens with two attached hydrogens (primary N) is 1. The summed E-state index contributed by atoms with van der Waals surface area (Å²) >= 11 is 0. The summed E-state index contributed by atoms with van der Waals surface area (Å²) in [5.74, 6) is -7.12. The minimum atomic E-state index is -6.07. The molecule has 0 aliphatic carbocycles. The third-order valence-corrected chi connectivity index (χ3v) is 2.38. The van der Waals surface area contributed by atoms with E-state index in [1.807, 2.05) is 0 Å². The molecular formula is C10H7ClF9N. The second kappa shape index (κ2) is 5.91. The van der Waals surface area contributed by atoms with Crippen LogP contribution >= 0.6 is 12.4 Å². The van der Waals surface area contributed by atoms with Crippen LogP contribution in [0.1, 0.15) is 17.2 Å². The number of rotatable bonds is 2. The molecule has 1 aromatic rings. The Morgan fingerprint density at radius 3 is 1.71 bits per heavy atom. The van der Waals surface area contributed by atoms with Gasteiger partial charge in [0.25, 0.3) is 0 Å². The molecule has 0 fully saturated rings. The summed E-state index contributed by atoms with van der Waals surface area (Å²) in [4.78, 5) is 0. The summed E-state index contributed by atoms with van der Waals surface area (Å²) in [6.07, 6.45) is -11.2. The Morgan fingerprint density at radius 2 is 1.33 bits per heavy atom. The lowest BCUT2D eigenvalue weighted by Crippen LogP contribution is -2.45. The number of halogens is 10. The maximum Gasteiger partial charge on any atom is 0.455 e. The first kappa shape index (κ1) is 19.8. The molecule has 0 spiro atoms. The lowest BCUT2D eigenvalue weighted by atomic mass is 9.98. The molecule has 0 heterocycles. The van der Waals surface area contributed by atoms with Crippen molar-refractivity contribution in [1.82, 2.24) is 0 Å². The van der Waals surface area contributed by atoms with Gasteiger partial charge in [-0.1, -0.05) is 0 Å². The highest BCUT2D eigenvalue weighted by molar-refractivity contribution is 5.85. The Morgan fingerprint density at radius 1 is 0.857 bits per heavy atom. The first-order chi connectivity index (χ1) is 8.76. The first-order valence-electron chi connectivity index (χ1n) is 4.84. The number of hydrogen-bond acceptors (Lipinski definition) is 1. The van der Waals surface area contributed by atoms with Crippen molar-refractivity contribution in [1.29, 1.82) is 0 Å². The van der Waals surface area contributed by atoms with Gasteiger partial charge in [0, 0.05) is 0 Å². The van der Waals surface area contributed by atoms with Crippen LogP contribution < -0.4 is 5.73 Å². The predicted octanol–water partition coefficient (Wildman–Crippen LogP) is 4.46. The summed E-state index contributed by atoms with van der Waals surface area (Å²) in [6, 6.07) is -3.14. The Labute approximate surface area is 118 Å². The van der Waals surface area contributed by atoms with Gasteiger partial charge in [-0.2, -0.15) is 35.1 Å². The maximum atomic E-state index is 12.9. The van der Waals surface area contributed by atoms with E-state index in [0.717, 1.165) is 0 Å². The minimum absolute atomic E-state index is 0. The highest BCUT2D eigenvalue weighted by Crippen LogP contribution is 2.44. The van der Waals surface area contributed by atoms with Crippen LogP contribution in [-0.2, 0) is 6.18 Å². The molecule has 0 amide bonds. The quantitative estimate of drug-likeness (QED) is 0.785. The molecule has 0 aliphatic rings. The van der Waals surface area contributed by atoms with Crippen molar-refractivity contribution in [3.63, 3.8) is 0 Å². The van der Waals surface area contributed by atoms with Gasteiger partial charge < -0.3 is 5.73 Å². The molecule has 0 saturated heterocycles. The number of alkyl halides is 8. The Bertz CT molecular complexity index is 494. The molecule has 122 valence electrons. The number of benzene rings is 1. The Balaban J connectivity index is 0.00000400. The van der Waals surface area contributed by atoms with E-state index < -0.39 is 41.3 Å². The van der Waals surface area contributed by atoms with Crippen molar-refractivity contribution < 1.29 is 39.5 Å². The first-order valence-corrected chi connectivity index (χ1v) is 4.84. The highest BCUT2D eigenvalue weighted by Gasteiger charge is 2.61. The molecule has 1 aromatic carbocycles. The van der Waals surface area contributed by atoms with Crippen molar-refractivity contribution in [2.45, 2.75) is 24.3 Å². The van der Waals surface area contributed by atoms with Crippen LogP contribution in [-0.4, -0.2) is 12.1 Å². The Kier molecular flexibility index (Phi) is 5.59. The van der Waals surface area contributed by atoms with E-state index in [9.17, 15) is 39.5 Å². The van der Waals surface area contributed by atoms with Crippen LogP contribution in [0.5, 0.6) is 0 Å². The molecule has 21 heavy (non-hydrogen) atoms. The summed E-state index contributed by atoms with van der Waals surface area (Å²) in [7, 11) is 0. The third-order valence-electron chi connectivity index (χ3n) is 2.38. The van der Waals surface area contributed by atoms with Gasteiger partial charge >= 0.3 is 18.3 Å². The van der Waals surface area contributed by atoms with Crippen molar-refractivity contribution in [3.8, 4) is 0 Å². The SMILES string of the molecule is Cl.N[C@H](c1cc(F)cc(C(F)(F)F)c1)C(F)(F)C(F)(F)F. The monoisotopic (exact) mass is 347 g/mol. The molecule has 0 radical (unpaired) electrons. The molecule has 1 rings (SSSR count). The minimum Gasteiger partial charge on any atom is -0.319 e. The van der Waals surface area contributed by atoms with Gasteiger partial charge in [0.15, 0.2) is 0 Å². The standard InChI is InChI=1S/C10H6F9N.ClH/c11-6-2-4(1-5(3-6)9(14,15)16)7(20)8(12,13)10(17,18)19;/h1-3,7H,20H2;1H/t7-;/m1./s1. The lowest BCUT2D eigenvalue weighted by Gasteiger charge is -2.26. The van der Waals surface area contributed by atoms with E-state index >= 15 is 0 Å². The fourth-order valence-corrected chi connectivity index (χ4v) is 1.34. The molecule has 0 saturated carbocycles. The van der Waals surface area contributed by atoms with Crippen molar-refractivity contribution in [2.75, 3.05) is 0 Å². The average molecular weight is 348 g/mol. The fourth-order valence-electron chi connectivity index (χ4n) is 1.34. The number of hydrogen-bond donors (Lipinski definition) is 1. The zero-order valence-corrected chi connectivity index (χ0v) is 10.5. The van der Waals surface area contributed by atoms with Crippen molar-refractivity contribution in [3.05, 3.63) is 35.1 Å². The summed E-state index contributed by atoms with van der Waals surface area (Å²) < 4.78 is 112. The van der Waals surface area contributed by atoms with Gasteiger partial charge in [-0.25, -0.2) is 4.39 Å². The molecule has 0 unspecified atom stereocenters. The average Bonchev–Trinajstić information content (AvgIpc) is 2.24. The molecule has 1 nitrogen and oxygen atoms in total. The highest BCUT2D eigenvalue weighted by atomic mass is 35.5. The Hall–Kier alpha value is -1.16. The molecule has 0 aliphatic heterocycles. The van der Waals surface area contributed by atoms with Crippen molar-refractivity contribution in [2.24, 2.45) is 5.73 Å². The second-order valence-electron chi connectivity index (χ2n) is 3.87. The zero-order chi connectivity index (χ0) is 15.9. The van der Waals surface area contributed by atoms with E-state index in [1.54, 1.807) is 0 Å². The lowest BCUT2D eigenvalue weighted by molar-refractivity contribution is -0.291. The molecule has 2 N–H and O–H groups in total. The van der Waals surface area contributed by atoms with Crippen LogP contribution in [0.15, 0.2) is 18.2 Å². The van der Waals surface area contributed by atoms with Crippen LogP contribution in [0, 0.1) is 5.82 Å². The van der Waals surface area contributed by atoms with Crippen LogP contribution in [0.2, 0.25) is 0 Å². The van der Waals surface area contributed by atoms with Gasteiger partial charge in [0.2, 0.25) is 0 Å². The van der Waals surface area contributed by atoms with Crippen LogP contribution in [0.3, 0.4) is 0 Å². The molecular weight excluding hydrogens is 341 g/mol. The van der Waals surface area contributed by atoms with Gasteiger partial charge in [-0.05, 0) is 23.8 Å². The topological polar surface area (TPSA) is 26.0 Å². The third kappa shape index (κ3) is 4.16. The van der Waals surface area contributed by atoms with Gasteiger partial charge in [-0.3, -0.25) is 0 Å². The van der Waals surface area contributed by atoms with Crippen LogP contribution in [0.25, 0.3) is 0 Å². The van der Waals surface area contributed by atoms with E-state index in [1.165, 1.54) is 0 Å². The molecule has 1 atom stereocenters. The largest absolute Gasteiger partial charge is 0.455 e. The van der Waals surface area contributed by atoms with Crippen LogP contribution in [0.4, 0.5) is 39.5 Å². The second-order valence-corrected chi connectivity index (χ2v) is 3.87. The summed E-state index contributed by atoms with van der Waals surface area (Å²) in [5.41, 5.74) is 1.62. The van der Waals surface area contributed by atoms with Crippen molar-refractivity contribution >= 4 is 12.4 Å². The van der Waals surface area contributed by atoms with Gasteiger partial charge in [-0.15, -0.1) is 12.4 Å². The molecule has 11 heteroatoms. The normalized spacial score (nSPS) is 14.6. The zero-order valence-electron chi connectivity index (χ0n) is 9.70. The van der Waals surface area contributed by atoms with E-state index in [-0.39, 0.29) is 30.6 Å². The van der Waals surface area contributed by atoms with E-state index in [2.05, 4.69) is 5.73 Å². The predicted molar refractivity (Wildman–Crippen MR) is 56.6 cm³/mol.